The summed E-state index contributed by atoms with van der Waals surface area (Å²) in [6.07, 6.45) is 2.18. The zero-order valence-electron chi connectivity index (χ0n) is 17.8. The summed E-state index contributed by atoms with van der Waals surface area (Å²) in [6.45, 7) is 6.36. The first kappa shape index (κ1) is 21.7. The summed E-state index contributed by atoms with van der Waals surface area (Å²) < 4.78 is 5.69. The highest BCUT2D eigenvalue weighted by molar-refractivity contribution is 5.80. The fourth-order valence-electron chi connectivity index (χ4n) is 3.42. The predicted octanol–water partition coefficient (Wildman–Crippen LogP) is 3.33. The summed E-state index contributed by atoms with van der Waals surface area (Å²) in [4.78, 5) is 19.0. The lowest BCUT2D eigenvalue weighted by atomic mass is 10.1. The fourth-order valence-corrected chi connectivity index (χ4v) is 3.42. The van der Waals surface area contributed by atoms with Crippen molar-refractivity contribution in [2.75, 3.05) is 26.2 Å². The van der Waals surface area contributed by atoms with E-state index in [0.717, 1.165) is 50.7 Å². The van der Waals surface area contributed by atoms with Crippen molar-refractivity contribution >= 4 is 11.9 Å². The highest BCUT2D eigenvalue weighted by atomic mass is 16.5. The number of carbonyl (C=O) groups is 1. The van der Waals surface area contributed by atoms with Crippen LogP contribution in [-0.4, -0.2) is 43.0 Å². The van der Waals surface area contributed by atoms with E-state index in [-0.39, 0.29) is 5.91 Å². The third kappa shape index (κ3) is 6.79. The molecule has 1 aliphatic heterocycles. The van der Waals surface area contributed by atoms with Gasteiger partial charge in [-0.05, 0) is 36.6 Å². The van der Waals surface area contributed by atoms with E-state index in [4.69, 9.17) is 4.74 Å². The molecule has 160 valence electrons. The number of fused-ring (bicyclic) bond motifs is 1. The van der Waals surface area contributed by atoms with Crippen LogP contribution in [0.15, 0.2) is 59.6 Å². The Morgan fingerprint density at radius 1 is 1.00 bits per heavy atom. The Morgan fingerprint density at radius 3 is 2.40 bits per heavy atom. The Labute approximate surface area is 179 Å². The number of aliphatic imine (C=N–C) groups is 1. The molecule has 0 saturated carbocycles. The summed E-state index contributed by atoms with van der Waals surface area (Å²) >= 11 is 0. The minimum Gasteiger partial charge on any atom is -0.494 e. The van der Waals surface area contributed by atoms with Gasteiger partial charge in [-0.25, -0.2) is 0 Å². The van der Waals surface area contributed by atoms with Gasteiger partial charge in [-0.2, -0.15) is 0 Å². The van der Waals surface area contributed by atoms with Crippen LogP contribution in [0.4, 0.5) is 0 Å². The average Bonchev–Trinajstić information content (AvgIpc) is 3.21. The summed E-state index contributed by atoms with van der Waals surface area (Å²) in [5, 5.41) is 6.57. The first-order valence-corrected chi connectivity index (χ1v) is 10.8. The van der Waals surface area contributed by atoms with Gasteiger partial charge in [0.15, 0.2) is 5.96 Å². The lowest BCUT2D eigenvalue weighted by Crippen LogP contribution is -2.38. The molecule has 3 rings (SSSR count). The van der Waals surface area contributed by atoms with Crippen LogP contribution in [0, 0.1) is 0 Å². The molecule has 2 aromatic carbocycles. The third-order valence-electron chi connectivity index (χ3n) is 4.98. The number of ether oxygens (including phenoxy) is 1. The smallest absolute Gasteiger partial charge is 0.223 e. The van der Waals surface area contributed by atoms with E-state index in [1.807, 2.05) is 54.3 Å². The molecule has 6 heteroatoms. The van der Waals surface area contributed by atoms with Gasteiger partial charge >= 0.3 is 0 Å². The van der Waals surface area contributed by atoms with Crippen molar-refractivity contribution in [2.45, 2.75) is 39.3 Å². The molecule has 30 heavy (non-hydrogen) atoms. The Kier molecular flexibility index (Phi) is 8.57. The van der Waals surface area contributed by atoms with E-state index < -0.39 is 0 Å². The Bertz CT molecular complexity index is 798. The monoisotopic (exact) mass is 408 g/mol. The van der Waals surface area contributed by atoms with E-state index in [2.05, 4.69) is 27.8 Å². The van der Waals surface area contributed by atoms with Crippen molar-refractivity contribution in [3.63, 3.8) is 0 Å². The van der Waals surface area contributed by atoms with Crippen LogP contribution in [0.3, 0.4) is 0 Å². The van der Waals surface area contributed by atoms with Crippen LogP contribution < -0.4 is 15.4 Å². The van der Waals surface area contributed by atoms with Gasteiger partial charge in [-0.3, -0.25) is 9.79 Å². The first-order valence-electron chi connectivity index (χ1n) is 10.8. The second kappa shape index (κ2) is 11.9. The molecule has 0 radical (unpaired) electrons. The van der Waals surface area contributed by atoms with Crippen molar-refractivity contribution < 1.29 is 9.53 Å². The maximum atomic E-state index is 12.5. The van der Waals surface area contributed by atoms with E-state index in [1.54, 1.807) is 0 Å². The molecule has 2 aromatic rings. The molecule has 0 spiro atoms. The van der Waals surface area contributed by atoms with Crippen molar-refractivity contribution in [1.82, 2.24) is 15.5 Å². The highest BCUT2D eigenvalue weighted by Crippen LogP contribution is 2.22. The average molecular weight is 409 g/mol. The largest absolute Gasteiger partial charge is 0.494 e. The van der Waals surface area contributed by atoms with Gasteiger partial charge < -0.3 is 20.3 Å². The number of benzene rings is 2. The SMILES string of the molecule is CCNC(=NCCCOc1ccccc1)NCCCC(=O)N1Cc2ccccc2C1. The Balaban J connectivity index is 1.31. The van der Waals surface area contributed by atoms with Gasteiger partial charge in [0.1, 0.15) is 5.75 Å². The van der Waals surface area contributed by atoms with Crippen LogP contribution in [0.5, 0.6) is 5.75 Å². The first-order chi connectivity index (χ1) is 14.8. The second-order valence-corrected chi connectivity index (χ2v) is 7.32. The van der Waals surface area contributed by atoms with E-state index in [1.165, 1.54) is 11.1 Å². The maximum absolute atomic E-state index is 12.5. The summed E-state index contributed by atoms with van der Waals surface area (Å²) in [5.41, 5.74) is 2.53. The number of guanidine groups is 1. The molecular weight excluding hydrogens is 376 g/mol. The predicted molar refractivity (Wildman–Crippen MR) is 120 cm³/mol. The molecule has 6 nitrogen and oxygen atoms in total. The summed E-state index contributed by atoms with van der Waals surface area (Å²) in [6, 6.07) is 18.1. The van der Waals surface area contributed by atoms with Crippen molar-refractivity contribution in [3.05, 3.63) is 65.7 Å². The molecular formula is C24H32N4O2. The number of amides is 1. The number of rotatable bonds is 10. The van der Waals surface area contributed by atoms with Gasteiger partial charge in [-0.15, -0.1) is 0 Å². The zero-order valence-corrected chi connectivity index (χ0v) is 17.8. The molecule has 1 amide bonds. The maximum Gasteiger partial charge on any atom is 0.223 e. The molecule has 0 atom stereocenters. The van der Waals surface area contributed by atoms with E-state index in [9.17, 15) is 4.79 Å². The number of para-hydroxylation sites is 1. The molecule has 0 fully saturated rings. The van der Waals surface area contributed by atoms with Crippen LogP contribution >= 0.6 is 0 Å². The van der Waals surface area contributed by atoms with Gasteiger partial charge in [0.2, 0.25) is 5.91 Å². The van der Waals surface area contributed by atoms with Gasteiger partial charge in [0.05, 0.1) is 6.61 Å². The lowest BCUT2D eigenvalue weighted by Gasteiger charge is -2.16. The number of hydrogen-bond acceptors (Lipinski definition) is 3. The molecule has 0 aromatic heterocycles. The fraction of sp³-hybridized carbons (Fsp3) is 0.417. The Hall–Kier alpha value is -3.02. The minimum absolute atomic E-state index is 0.216. The summed E-state index contributed by atoms with van der Waals surface area (Å²) in [7, 11) is 0. The number of nitrogens with one attached hydrogen (secondary N) is 2. The standard InChI is InChI=1S/C24H32N4O2/c1-2-25-24(27-16-9-17-30-22-12-4-3-5-13-22)26-15-8-14-23(29)28-18-20-10-6-7-11-21(20)19-28/h3-7,10-13H,2,8-9,14-19H2,1H3,(H2,25,26,27). The van der Waals surface area contributed by atoms with E-state index >= 15 is 0 Å². The van der Waals surface area contributed by atoms with Gasteiger partial charge in [-0.1, -0.05) is 42.5 Å². The van der Waals surface area contributed by atoms with Gasteiger partial charge in [0.25, 0.3) is 0 Å². The van der Waals surface area contributed by atoms with Crippen molar-refractivity contribution in [2.24, 2.45) is 4.99 Å². The molecule has 2 N–H and O–H groups in total. The Morgan fingerprint density at radius 2 is 1.70 bits per heavy atom. The van der Waals surface area contributed by atoms with Gasteiger partial charge in [0, 0.05) is 45.6 Å². The molecule has 1 aliphatic rings. The van der Waals surface area contributed by atoms with Crippen LogP contribution in [-0.2, 0) is 17.9 Å². The molecule has 0 unspecified atom stereocenters. The topological polar surface area (TPSA) is 66.0 Å². The number of carbonyl (C=O) groups excluding carboxylic acids is 1. The molecule has 1 heterocycles. The molecule has 0 bridgehead atoms. The summed E-state index contributed by atoms with van der Waals surface area (Å²) in [5.74, 6) is 1.89. The minimum atomic E-state index is 0.216. The normalized spacial score (nSPS) is 13.1. The zero-order chi connectivity index (χ0) is 21.0. The molecule has 0 saturated heterocycles. The van der Waals surface area contributed by atoms with Crippen LogP contribution in [0.2, 0.25) is 0 Å². The number of hydrogen-bond donors (Lipinski definition) is 2. The van der Waals surface area contributed by atoms with Crippen molar-refractivity contribution in [1.29, 1.82) is 0 Å². The lowest BCUT2D eigenvalue weighted by molar-refractivity contribution is -0.131. The van der Waals surface area contributed by atoms with Crippen LogP contribution in [0.1, 0.15) is 37.3 Å². The quantitative estimate of drug-likeness (QED) is 0.360. The van der Waals surface area contributed by atoms with Crippen molar-refractivity contribution in [3.8, 4) is 5.75 Å². The van der Waals surface area contributed by atoms with Crippen LogP contribution in [0.25, 0.3) is 0 Å². The highest BCUT2D eigenvalue weighted by Gasteiger charge is 2.22. The molecule has 0 aliphatic carbocycles. The van der Waals surface area contributed by atoms with E-state index in [0.29, 0.717) is 19.6 Å². The number of nitrogens with zero attached hydrogens (tertiary/aromatic N) is 2. The second-order valence-electron chi connectivity index (χ2n) is 7.32. The third-order valence-corrected chi connectivity index (χ3v) is 4.98.